The number of sulfonamides is 1. The smallest absolute Gasteiger partial charge is 0.259 e. The minimum Gasteiger partial charge on any atom is -0.492 e. The molecule has 0 fully saturated rings. The molecule has 2 atom stereocenters. The van der Waals surface area contributed by atoms with E-state index < -0.39 is 10.0 Å². The fraction of sp³-hybridized carbons (Fsp3) is 0.423. The Labute approximate surface area is 202 Å². The molecule has 0 bridgehead atoms. The molecule has 4 rings (SSSR count). The summed E-state index contributed by atoms with van der Waals surface area (Å²) in [4.78, 5) is 3.96. The van der Waals surface area contributed by atoms with Gasteiger partial charge >= 0.3 is 0 Å². The molecule has 7 nitrogen and oxygen atoms in total. The van der Waals surface area contributed by atoms with Gasteiger partial charge in [0.1, 0.15) is 12.4 Å². The molecule has 0 saturated heterocycles. The standard InChI is InChI=1S/C26H34N4O3S/c1-19(2)11-12-27-24-17-33-25-10-9-21(15-29-34(31,32)26-16-30(3)18-28-26)14-23(25)22(24)13-20-7-5-4-6-8-20/h4-10,14,16,18-19,22,24,27,29H,11-13,15,17H2,1-3H3/t22-,24+/m1/s1. The Morgan fingerprint density at radius 1 is 1.15 bits per heavy atom. The third kappa shape index (κ3) is 6.05. The van der Waals surface area contributed by atoms with E-state index in [4.69, 9.17) is 4.74 Å². The van der Waals surface area contributed by atoms with Crippen molar-refractivity contribution >= 4 is 10.0 Å². The lowest BCUT2D eigenvalue weighted by Crippen LogP contribution is -2.44. The van der Waals surface area contributed by atoms with Crippen LogP contribution in [0.2, 0.25) is 0 Å². The normalized spacial score (nSPS) is 18.0. The molecule has 0 radical (unpaired) electrons. The molecule has 1 aliphatic rings. The van der Waals surface area contributed by atoms with Crippen LogP contribution in [0.3, 0.4) is 0 Å². The highest BCUT2D eigenvalue weighted by atomic mass is 32.2. The summed E-state index contributed by atoms with van der Waals surface area (Å²) >= 11 is 0. The number of fused-ring (bicyclic) bond motifs is 1. The van der Waals surface area contributed by atoms with Crippen LogP contribution in [-0.4, -0.2) is 37.2 Å². The van der Waals surface area contributed by atoms with Crippen LogP contribution in [0.1, 0.15) is 42.9 Å². The summed E-state index contributed by atoms with van der Waals surface area (Å²) in [6.45, 7) is 6.21. The van der Waals surface area contributed by atoms with Gasteiger partial charge in [0.05, 0.1) is 6.33 Å². The molecule has 34 heavy (non-hydrogen) atoms. The second-order valence-corrected chi connectivity index (χ2v) is 11.1. The Morgan fingerprint density at radius 3 is 2.65 bits per heavy atom. The second kappa shape index (κ2) is 10.7. The maximum Gasteiger partial charge on any atom is 0.259 e. The molecule has 1 aromatic heterocycles. The van der Waals surface area contributed by atoms with Crippen molar-refractivity contribution in [2.24, 2.45) is 13.0 Å². The van der Waals surface area contributed by atoms with Crippen LogP contribution in [0, 0.1) is 5.92 Å². The number of imidazole rings is 1. The SMILES string of the molecule is CC(C)CCN[C@H]1COc2ccc(CNS(=O)(=O)c3cn(C)cn3)cc2[C@H]1Cc1ccccc1. The molecule has 182 valence electrons. The number of nitrogens with one attached hydrogen (secondary N) is 2. The van der Waals surface area contributed by atoms with E-state index in [0.29, 0.717) is 12.5 Å². The van der Waals surface area contributed by atoms with Crippen LogP contribution >= 0.6 is 0 Å². The molecule has 3 aromatic rings. The first kappa shape index (κ1) is 24.4. The van der Waals surface area contributed by atoms with E-state index in [1.54, 1.807) is 11.6 Å². The second-order valence-electron chi connectivity index (χ2n) is 9.42. The van der Waals surface area contributed by atoms with E-state index in [-0.39, 0.29) is 23.5 Å². The molecule has 2 heterocycles. The largest absolute Gasteiger partial charge is 0.492 e. The lowest BCUT2D eigenvalue weighted by atomic mass is 9.83. The van der Waals surface area contributed by atoms with Crippen molar-refractivity contribution in [3.8, 4) is 5.75 Å². The zero-order valence-electron chi connectivity index (χ0n) is 20.1. The first-order valence-corrected chi connectivity index (χ1v) is 13.3. The number of hydrogen-bond acceptors (Lipinski definition) is 5. The summed E-state index contributed by atoms with van der Waals surface area (Å²) < 4.78 is 35.6. The first-order valence-electron chi connectivity index (χ1n) is 11.8. The molecule has 0 aliphatic carbocycles. The third-order valence-corrected chi connectivity index (χ3v) is 7.51. The van der Waals surface area contributed by atoms with Gasteiger partial charge in [-0.25, -0.2) is 18.1 Å². The number of benzene rings is 2. The van der Waals surface area contributed by atoms with Gasteiger partial charge in [-0.1, -0.05) is 56.3 Å². The molecule has 8 heteroatoms. The van der Waals surface area contributed by atoms with Gasteiger partial charge in [-0.05, 0) is 48.1 Å². The summed E-state index contributed by atoms with van der Waals surface area (Å²) in [6.07, 6.45) is 4.97. The van der Waals surface area contributed by atoms with Crippen molar-refractivity contribution in [3.05, 3.63) is 77.7 Å². The summed E-state index contributed by atoms with van der Waals surface area (Å²) in [5.41, 5.74) is 3.28. The van der Waals surface area contributed by atoms with E-state index in [1.807, 2.05) is 18.2 Å². The maximum absolute atomic E-state index is 12.6. The summed E-state index contributed by atoms with van der Waals surface area (Å²) in [6, 6.07) is 16.6. The summed E-state index contributed by atoms with van der Waals surface area (Å²) in [5.74, 6) is 1.74. The molecule has 0 unspecified atom stereocenters. The minimum absolute atomic E-state index is 0.0210. The monoisotopic (exact) mass is 482 g/mol. The third-order valence-electron chi connectivity index (χ3n) is 6.23. The van der Waals surface area contributed by atoms with Crippen LogP contribution in [-0.2, 0) is 30.0 Å². The quantitative estimate of drug-likeness (QED) is 0.461. The number of aryl methyl sites for hydroxylation is 1. The first-order chi connectivity index (χ1) is 16.3. The Bertz CT molecular complexity index is 1190. The van der Waals surface area contributed by atoms with E-state index in [0.717, 1.165) is 36.3 Å². The van der Waals surface area contributed by atoms with Crippen molar-refractivity contribution in [1.29, 1.82) is 0 Å². The molecular formula is C26H34N4O3S. The van der Waals surface area contributed by atoms with Crippen molar-refractivity contribution in [2.75, 3.05) is 13.2 Å². The Hall–Kier alpha value is -2.68. The Kier molecular flexibility index (Phi) is 7.70. The van der Waals surface area contributed by atoms with Gasteiger partial charge in [0.15, 0.2) is 5.03 Å². The van der Waals surface area contributed by atoms with E-state index >= 15 is 0 Å². The van der Waals surface area contributed by atoms with Gasteiger partial charge in [0.2, 0.25) is 0 Å². The molecule has 0 saturated carbocycles. The van der Waals surface area contributed by atoms with Gasteiger partial charge in [0.25, 0.3) is 10.0 Å². The fourth-order valence-electron chi connectivity index (χ4n) is 4.30. The predicted octanol–water partition coefficient (Wildman–Crippen LogP) is 3.62. The minimum atomic E-state index is -3.68. The molecule has 0 amide bonds. The van der Waals surface area contributed by atoms with Crippen LogP contribution in [0.5, 0.6) is 5.75 Å². The van der Waals surface area contributed by atoms with E-state index in [2.05, 4.69) is 59.2 Å². The van der Waals surface area contributed by atoms with Gasteiger partial charge < -0.3 is 14.6 Å². The molecule has 0 spiro atoms. The van der Waals surface area contributed by atoms with Crippen molar-refractivity contribution in [1.82, 2.24) is 19.6 Å². The lowest BCUT2D eigenvalue weighted by Gasteiger charge is -2.35. The number of hydrogen-bond donors (Lipinski definition) is 2. The lowest BCUT2D eigenvalue weighted by molar-refractivity contribution is 0.210. The highest BCUT2D eigenvalue weighted by Gasteiger charge is 2.31. The Morgan fingerprint density at radius 2 is 1.94 bits per heavy atom. The molecule has 2 N–H and O–H groups in total. The van der Waals surface area contributed by atoms with Crippen LogP contribution in [0.15, 0.2) is 66.1 Å². The number of aromatic nitrogens is 2. The zero-order chi connectivity index (χ0) is 24.1. The molecule has 1 aliphatic heterocycles. The van der Waals surface area contributed by atoms with Crippen LogP contribution in [0.25, 0.3) is 0 Å². The highest BCUT2D eigenvalue weighted by Crippen LogP contribution is 2.37. The maximum atomic E-state index is 12.6. The van der Waals surface area contributed by atoms with Crippen molar-refractivity contribution in [2.45, 2.75) is 50.2 Å². The van der Waals surface area contributed by atoms with Gasteiger partial charge in [-0.3, -0.25) is 0 Å². The molecular weight excluding hydrogens is 448 g/mol. The summed E-state index contributed by atoms with van der Waals surface area (Å²) in [5, 5.41) is 3.74. The van der Waals surface area contributed by atoms with Crippen molar-refractivity contribution in [3.63, 3.8) is 0 Å². The summed E-state index contributed by atoms with van der Waals surface area (Å²) in [7, 11) is -1.93. The van der Waals surface area contributed by atoms with Gasteiger partial charge in [-0.15, -0.1) is 0 Å². The Balaban J connectivity index is 1.55. The number of nitrogens with zero attached hydrogens (tertiary/aromatic N) is 2. The average Bonchev–Trinajstić information content (AvgIpc) is 3.27. The number of rotatable bonds is 10. The highest BCUT2D eigenvalue weighted by molar-refractivity contribution is 7.89. The zero-order valence-corrected chi connectivity index (χ0v) is 20.9. The van der Waals surface area contributed by atoms with Gasteiger partial charge in [0, 0.05) is 31.7 Å². The topological polar surface area (TPSA) is 85.3 Å². The van der Waals surface area contributed by atoms with Crippen LogP contribution < -0.4 is 14.8 Å². The van der Waals surface area contributed by atoms with Crippen molar-refractivity contribution < 1.29 is 13.2 Å². The fourth-order valence-corrected chi connectivity index (χ4v) is 5.30. The predicted molar refractivity (Wildman–Crippen MR) is 133 cm³/mol. The van der Waals surface area contributed by atoms with E-state index in [1.165, 1.54) is 18.1 Å². The number of ether oxygens (including phenoxy) is 1. The van der Waals surface area contributed by atoms with Crippen LogP contribution in [0.4, 0.5) is 0 Å². The van der Waals surface area contributed by atoms with Gasteiger partial charge in [-0.2, -0.15) is 0 Å². The molecule has 2 aromatic carbocycles. The van der Waals surface area contributed by atoms with E-state index in [9.17, 15) is 8.42 Å². The average molecular weight is 483 g/mol.